The molecule has 0 saturated heterocycles. The fraction of sp³-hybridized carbons (Fsp3) is 0.500. The zero-order valence-corrected chi connectivity index (χ0v) is 9.58. The van der Waals surface area contributed by atoms with E-state index in [0.29, 0.717) is 12.3 Å². The van der Waals surface area contributed by atoms with E-state index in [2.05, 4.69) is 6.92 Å². The summed E-state index contributed by atoms with van der Waals surface area (Å²) in [6, 6.07) is 5.77. The maximum absolute atomic E-state index is 12.9. The molecule has 0 fully saturated rings. The van der Waals surface area contributed by atoms with Crippen molar-refractivity contribution in [2.24, 2.45) is 11.5 Å². The summed E-state index contributed by atoms with van der Waals surface area (Å²) in [6.45, 7) is 2.49. The van der Waals surface area contributed by atoms with E-state index >= 15 is 0 Å². The summed E-state index contributed by atoms with van der Waals surface area (Å²) in [5.41, 5.74) is 12.9. The molecule has 0 aliphatic heterocycles. The highest BCUT2D eigenvalue weighted by Crippen LogP contribution is 2.18. The van der Waals surface area contributed by atoms with Crippen LogP contribution in [0.2, 0.25) is 0 Å². The predicted molar refractivity (Wildman–Crippen MR) is 63.2 cm³/mol. The summed E-state index contributed by atoms with van der Waals surface area (Å²) in [5, 5.41) is 0. The summed E-state index contributed by atoms with van der Waals surface area (Å²) in [4.78, 5) is 0. The predicted octanol–water partition coefficient (Wildman–Crippen LogP) is 1.38. The van der Waals surface area contributed by atoms with Crippen LogP contribution in [0.1, 0.15) is 18.1 Å². The summed E-state index contributed by atoms with van der Waals surface area (Å²) in [7, 11) is 0. The lowest BCUT2D eigenvalue weighted by Crippen LogP contribution is -2.22. The van der Waals surface area contributed by atoms with Gasteiger partial charge in [0.15, 0.2) is 0 Å². The number of rotatable bonds is 6. The molecule has 90 valence electrons. The normalized spacial score (nSPS) is 12.5. The molecule has 16 heavy (non-hydrogen) atoms. The molecule has 4 heteroatoms. The molecule has 1 rings (SSSR count). The minimum absolute atomic E-state index is 0.00627. The lowest BCUT2D eigenvalue weighted by atomic mass is 10.1. The minimum Gasteiger partial charge on any atom is -0.490 e. The van der Waals surface area contributed by atoms with Crippen LogP contribution in [0.25, 0.3) is 0 Å². The number of hydrogen-bond donors (Lipinski definition) is 2. The Morgan fingerprint density at radius 2 is 1.94 bits per heavy atom. The average molecular weight is 226 g/mol. The van der Waals surface area contributed by atoms with Gasteiger partial charge >= 0.3 is 0 Å². The number of alkyl halides is 1. The molecule has 3 nitrogen and oxygen atoms in total. The van der Waals surface area contributed by atoms with Crippen LogP contribution in [-0.4, -0.2) is 19.3 Å². The van der Waals surface area contributed by atoms with E-state index in [1.807, 2.05) is 18.2 Å². The van der Waals surface area contributed by atoms with Crippen molar-refractivity contribution < 1.29 is 9.13 Å². The molecule has 1 atom stereocenters. The van der Waals surface area contributed by atoms with Crippen molar-refractivity contribution in [1.82, 2.24) is 0 Å². The van der Waals surface area contributed by atoms with Gasteiger partial charge in [-0.25, -0.2) is 4.39 Å². The third-order valence-corrected chi connectivity index (χ3v) is 2.36. The lowest BCUT2D eigenvalue weighted by Gasteiger charge is -2.11. The first-order chi connectivity index (χ1) is 7.69. The van der Waals surface area contributed by atoms with Gasteiger partial charge in [-0.3, -0.25) is 0 Å². The molecule has 0 heterocycles. The standard InChI is InChI=1S/C12H19FN2O/c1-2-9-3-10(6-14)5-12(4-9)16-8-11(13)7-15/h3-5,11H,2,6-8,14-15H2,1H3/t11-/m1/s1. The third kappa shape index (κ3) is 3.79. The van der Waals surface area contributed by atoms with Gasteiger partial charge < -0.3 is 16.2 Å². The Balaban J connectivity index is 2.71. The van der Waals surface area contributed by atoms with Gasteiger partial charge in [0.1, 0.15) is 18.5 Å². The monoisotopic (exact) mass is 226 g/mol. The molecule has 0 aromatic heterocycles. The van der Waals surface area contributed by atoms with E-state index in [4.69, 9.17) is 16.2 Å². The minimum atomic E-state index is -1.12. The van der Waals surface area contributed by atoms with E-state index in [-0.39, 0.29) is 13.2 Å². The Hall–Kier alpha value is -1.13. The zero-order valence-electron chi connectivity index (χ0n) is 9.58. The molecule has 0 radical (unpaired) electrons. The average Bonchev–Trinajstić information content (AvgIpc) is 2.35. The highest BCUT2D eigenvalue weighted by molar-refractivity contribution is 5.34. The number of hydrogen-bond acceptors (Lipinski definition) is 3. The van der Waals surface area contributed by atoms with Gasteiger partial charge in [0.05, 0.1) is 0 Å². The van der Waals surface area contributed by atoms with Crippen molar-refractivity contribution in [2.45, 2.75) is 26.1 Å². The Labute approximate surface area is 95.6 Å². The molecule has 4 N–H and O–H groups in total. The van der Waals surface area contributed by atoms with E-state index in [1.54, 1.807) is 0 Å². The summed E-state index contributed by atoms with van der Waals surface area (Å²) < 4.78 is 18.2. The first kappa shape index (κ1) is 12.9. The van der Waals surface area contributed by atoms with Gasteiger partial charge in [0.2, 0.25) is 0 Å². The highest BCUT2D eigenvalue weighted by Gasteiger charge is 2.05. The molecular weight excluding hydrogens is 207 g/mol. The lowest BCUT2D eigenvalue weighted by molar-refractivity contribution is 0.201. The molecule has 0 aliphatic rings. The largest absolute Gasteiger partial charge is 0.490 e. The topological polar surface area (TPSA) is 61.3 Å². The summed E-state index contributed by atoms with van der Waals surface area (Å²) in [6.07, 6.45) is -0.216. The first-order valence-electron chi connectivity index (χ1n) is 5.49. The van der Waals surface area contributed by atoms with Crippen LogP contribution in [0.4, 0.5) is 4.39 Å². The van der Waals surface area contributed by atoms with Crippen LogP contribution >= 0.6 is 0 Å². The van der Waals surface area contributed by atoms with Crippen LogP contribution < -0.4 is 16.2 Å². The third-order valence-electron chi connectivity index (χ3n) is 2.36. The second-order valence-corrected chi connectivity index (χ2v) is 3.69. The zero-order chi connectivity index (χ0) is 12.0. The van der Waals surface area contributed by atoms with Crippen LogP contribution in [0.5, 0.6) is 5.75 Å². The van der Waals surface area contributed by atoms with Gasteiger partial charge in [0, 0.05) is 13.1 Å². The van der Waals surface area contributed by atoms with Crippen LogP contribution in [0.3, 0.4) is 0 Å². The molecule has 0 amide bonds. The van der Waals surface area contributed by atoms with Gasteiger partial charge in [0.25, 0.3) is 0 Å². The molecule has 0 aliphatic carbocycles. The number of aryl methyl sites for hydroxylation is 1. The Kier molecular flexibility index (Phi) is 5.22. The Morgan fingerprint density at radius 1 is 1.25 bits per heavy atom. The quantitative estimate of drug-likeness (QED) is 0.770. The SMILES string of the molecule is CCc1cc(CN)cc(OC[C@H](F)CN)c1. The van der Waals surface area contributed by atoms with Crippen molar-refractivity contribution in [3.05, 3.63) is 29.3 Å². The van der Waals surface area contributed by atoms with E-state index in [1.165, 1.54) is 0 Å². The summed E-state index contributed by atoms with van der Waals surface area (Å²) >= 11 is 0. The molecular formula is C12H19FN2O. The number of halogens is 1. The number of benzene rings is 1. The molecule has 0 bridgehead atoms. The van der Waals surface area contributed by atoms with Gasteiger partial charge in [-0.2, -0.15) is 0 Å². The number of ether oxygens (including phenoxy) is 1. The van der Waals surface area contributed by atoms with Crippen molar-refractivity contribution in [3.63, 3.8) is 0 Å². The van der Waals surface area contributed by atoms with Gasteiger partial charge in [-0.15, -0.1) is 0 Å². The molecule has 1 aromatic carbocycles. The maximum Gasteiger partial charge on any atom is 0.146 e. The second kappa shape index (κ2) is 6.45. The Morgan fingerprint density at radius 3 is 2.50 bits per heavy atom. The van der Waals surface area contributed by atoms with Crippen molar-refractivity contribution >= 4 is 0 Å². The molecule has 0 spiro atoms. The van der Waals surface area contributed by atoms with E-state index in [9.17, 15) is 4.39 Å². The van der Waals surface area contributed by atoms with Gasteiger partial charge in [-0.05, 0) is 29.7 Å². The highest BCUT2D eigenvalue weighted by atomic mass is 19.1. The summed E-state index contributed by atoms with van der Waals surface area (Å²) in [5.74, 6) is 0.663. The molecule has 0 saturated carbocycles. The maximum atomic E-state index is 12.9. The van der Waals surface area contributed by atoms with E-state index < -0.39 is 6.17 Å². The molecule has 0 unspecified atom stereocenters. The van der Waals surface area contributed by atoms with Crippen LogP contribution in [0, 0.1) is 0 Å². The van der Waals surface area contributed by atoms with Crippen LogP contribution in [-0.2, 0) is 13.0 Å². The van der Waals surface area contributed by atoms with Crippen molar-refractivity contribution in [2.75, 3.05) is 13.2 Å². The number of nitrogens with two attached hydrogens (primary N) is 2. The fourth-order valence-electron chi connectivity index (χ4n) is 1.39. The first-order valence-corrected chi connectivity index (χ1v) is 5.49. The fourth-order valence-corrected chi connectivity index (χ4v) is 1.39. The van der Waals surface area contributed by atoms with Crippen LogP contribution in [0.15, 0.2) is 18.2 Å². The second-order valence-electron chi connectivity index (χ2n) is 3.69. The van der Waals surface area contributed by atoms with Crippen molar-refractivity contribution in [1.29, 1.82) is 0 Å². The smallest absolute Gasteiger partial charge is 0.146 e. The Bertz CT molecular complexity index is 309. The molecule has 1 aromatic rings. The van der Waals surface area contributed by atoms with E-state index in [0.717, 1.165) is 17.5 Å². The van der Waals surface area contributed by atoms with Crippen molar-refractivity contribution in [3.8, 4) is 5.75 Å². The van der Waals surface area contributed by atoms with Gasteiger partial charge in [-0.1, -0.05) is 13.0 Å².